The minimum absolute atomic E-state index is 0.326. The number of amides is 1. The van der Waals surface area contributed by atoms with Crippen LogP contribution in [0, 0.1) is 0 Å². The van der Waals surface area contributed by atoms with Crippen molar-refractivity contribution in [3.8, 4) is 0 Å². The maximum atomic E-state index is 10.4. The summed E-state index contributed by atoms with van der Waals surface area (Å²) in [5.74, 6) is 0.326. The number of methoxy groups -OCH3 is 1. The van der Waals surface area contributed by atoms with Gasteiger partial charge < -0.3 is 15.2 Å². The fourth-order valence-corrected chi connectivity index (χ4v) is 0.566. The zero-order valence-corrected chi connectivity index (χ0v) is 7.69. The summed E-state index contributed by atoms with van der Waals surface area (Å²) in [6.45, 7) is 1.85. The van der Waals surface area contributed by atoms with Crippen molar-refractivity contribution in [3.05, 3.63) is 36.3 Å². The Bertz CT molecular complexity index is 241. The lowest BCUT2D eigenvalue weighted by atomic mass is 10.4. The Morgan fingerprint density at radius 3 is 2.62 bits per heavy atom. The average molecular weight is 183 g/mol. The highest BCUT2D eigenvalue weighted by atomic mass is 16.5. The summed E-state index contributed by atoms with van der Waals surface area (Å²) in [6.07, 6.45) is 7.14. The van der Waals surface area contributed by atoms with Gasteiger partial charge in [0.2, 0.25) is 0 Å². The van der Waals surface area contributed by atoms with E-state index >= 15 is 0 Å². The molecule has 72 valence electrons. The molecule has 0 aliphatic rings. The predicted octanol–water partition coefficient (Wildman–Crippen LogP) is 1.70. The second-order valence-corrected chi connectivity index (χ2v) is 2.05. The molecule has 0 fully saturated rings. The molecule has 0 atom stereocenters. The molecule has 13 heavy (non-hydrogen) atoms. The number of ether oxygens (including phenoxy) is 2. The summed E-state index contributed by atoms with van der Waals surface area (Å²) in [5.41, 5.74) is 4.84. The van der Waals surface area contributed by atoms with Crippen LogP contribution >= 0.6 is 0 Å². The Hall–Kier alpha value is -1.71. The maximum absolute atomic E-state index is 10.4. The Morgan fingerprint density at radius 1 is 1.46 bits per heavy atom. The molecule has 4 heteroatoms. The first-order valence-electron chi connectivity index (χ1n) is 3.70. The van der Waals surface area contributed by atoms with E-state index in [1.807, 2.05) is 6.92 Å². The van der Waals surface area contributed by atoms with E-state index in [2.05, 4.69) is 9.47 Å². The highest BCUT2D eigenvalue weighted by molar-refractivity contribution is 5.66. The van der Waals surface area contributed by atoms with Crippen LogP contribution < -0.4 is 5.73 Å². The van der Waals surface area contributed by atoms with Gasteiger partial charge in [0.05, 0.1) is 13.4 Å². The largest absolute Gasteiger partial charge is 0.504 e. The van der Waals surface area contributed by atoms with Crippen LogP contribution in [0.4, 0.5) is 4.79 Å². The van der Waals surface area contributed by atoms with Crippen LogP contribution in [0.25, 0.3) is 0 Å². The molecule has 0 aromatic rings. The van der Waals surface area contributed by atoms with E-state index in [4.69, 9.17) is 5.73 Å². The number of primary amides is 1. The summed E-state index contributed by atoms with van der Waals surface area (Å²) in [5, 5.41) is 0. The average Bonchev–Trinajstić information content (AvgIpc) is 2.09. The van der Waals surface area contributed by atoms with Crippen molar-refractivity contribution in [2.24, 2.45) is 5.73 Å². The predicted molar refractivity (Wildman–Crippen MR) is 49.7 cm³/mol. The molecule has 1 amide bonds. The van der Waals surface area contributed by atoms with E-state index in [9.17, 15) is 4.79 Å². The van der Waals surface area contributed by atoms with Gasteiger partial charge >= 0.3 is 6.09 Å². The van der Waals surface area contributed by atoms with E-state index in [-0.39, 0.29) is 0 Å². The third kappa shape index (κ3) is 6.68. The molecular formula is C9H13NO3. The Balaban J connectivity index is 4.35. The van der Waals surface area contributed by atoms with Crippen molar-refractivity contribution in [2.45, 2.75) is 6.92 Å². The molecule has 0 unspecified atom stereocenters. The number of allylic oxidation sites excluding steroid dienone is 4. The van der Waals surface area contributed by atoms with Crippen LogP contribution in [0.1, 0.15) is 6.92 Å². The molecule has 0 radical (unpaired) electrons. The molecule has 0 saturated heterocycles. The molecule has 0 aliphatic heterocycles. The first-order valence-corrected chi connectivity index (χ1v) is 3.70. The lowest BCUT2D eigenvalue weighted by Crippen LogP contribution is -2.11. The normalized spacial score (nSPS) is 12.3. The summed E-state index contributed by atoms with van der Waals surface area (Å²) in [6, 6.07) is 0. The highest BCUT2D eigenvalue weighted by Crippen LogP contribution is 2.00. The number of rotatable bonds is 4. The van der Waals surface area contributed by atoms with E-state index in [1.54, 1.807) is 18.2 Å². The Labute approximate surface area is 77.3 Å². The number of hydrogen-bond acceptors (Lipinski definition) is 3. The molecule has 0 rings (SSSR count). The van der Waals surface area contributed by atoms with Gasteiger partial charge in [0.15, 0.2) is 0 Å². The van der Waals surface area contributed by atoms with E-state index in [1.165, 1.54) is 19.4 Å². The second kappa shape index (κ2) is 6.97. The lowest BCUT2D eigenvalue weighted by molar-refractivity contribution is 0.189. The van der Waals surface area contributed by atoms with E-state index in [0.717, 1.165) is 0 Å². The monoisotopic (exact) mass is 183 g/mol. The molecule has 0 saturated carbocycles. The van der Waals surface area contributed by atoms with Crippen molar-refractivity contribution < 1.29 is 14.3 Å². The number of nitrogens with two attached hydrogens (primary N) is 1. The van der Waals surface area contributed by atoms with Gasteiger partial charge in [-0.1, -0.05) is 12.2 Å². The fraction of sp³-hybridized carbons (Fsp3) is 0.222. The van der Waals surface area contributed by atoms with E-state index in [0.29, 0.717) is 5.76 Å². The molecule has 0 aliphatic carbocycles. The highest BCUT2D eigenvalue weighted by Gasteiger charge is 1.96. The molecule has 0 bridgehead atoms. The lowest BCUT2D eigenvalue weighted by Gasteiger charge is -1.99. The first-order chi connectivity index (χ1) is 6.20. The van der Waals surface area contributed by atoms with Crippen LogP contribution in [-0.2, 0) is 9.47 Å². The molecule has 0 aromatic heterocycles. The second-order valence-electron chi connectivity index (χ2n) is 2.05. The standard InChI is InChI=1S/C9H13NO3/c1-3-4-5-8(6-7-12-2)13-9(10)11/h3-7H,1-2H3,(H2,10,11)/b4-3+,7-6-,8-5+. The van der Waals surface area contributed by atoms with Crippen LogP contribution in [0.5, 0.6) is 0 Å². The SMILES string of the molecule is C/C=C/C=C(\C=C/OC)OC(N)=O. The minimum atomic E-state index is -0.850. The Kier molecular flexibility index (Phi) is 6.05. The van der Waals surface area contributed by atoms with Gasteiger partial charge in [-0.2, -0.15) is 0 Å². The van der Waals surface area contributed by atoms with Crippen LogP contribution in [0.2, 0.25) is 0 Å². The maximum Gasteiger partial charge on any atom is 0.409 e. The zero-order valence-electron chi connectivity index (χ0n) is 7.69. The molecule has 4 nitrogen and oxygen atoms in total. The fourth-order valence-electron chi connectivity index (χ4n) is 0.566. The molecule has 0 heterocycles. The van der Waals surface area contributed by atoms with Crippen molar-refractivity contribution in [1.29, 1.82) is 0 Å². The zero-order chi connectivity index (χ0) is 10.1. The van der Waals surface area contributed by atoms with Crippen LogP contribution in [0.3, 0.4) is 0 Å². The molecule has 0 aromatic carbocycles. The summed E-state index contributed by atoms with van der Waals surface area (Å²) in [4.78, 5) is 10.4. The quantitative estimate of drug-likeness (QED) is 0.533. The Morgan fingerprint density at radius 2 is 2.15 bits per heavy atom. The molecular weight excluding hydrogens is 170 g/mol. The van der Waals surface area contributed by atoms with Crippen LogP contribution in [0.15, 0.2) is 36.3 Å². The van der Waals surface area contributed by atoms with Gasteiger partial charge in [0.25, 0.3) is 0 Å². The van der Waals surface area contributed by atoms with Gasteiger partial charge in [-0.3, -0.25) is 0 Å². The van der Waals surface area contributed by atoms with Gasteiger partial charge in [0, 0.05) is 6.08 Å². The number of hydrogen-bond donors (Lipinski definition) is 1. The van der Waals surface area contributed by atoms with Crippen molar-refractivity contribution >= 4 is 6.09 Å². The summed E-state index contributed by atoms with van der Waals surface area (Å²) in [7, 11) is 1.49. The smallest absolute Gasteiger partial charge is 0.409 e. The van der Waals surface area contributed by atoms with Gasteiger partial charge in [-0.05, 0) is 13.0 Å². The number of carbonyl (C=O) groups excluding carboxylic acids is 1. The summed E-state index contributed by atoms with van der Waals surface area (Å²) < 4.78 is 9.29. The minimum Gasteiger partial charge on any atom is -0.504 e. The van der Waals surface area contributed by atoms with Crippen molar-refractivity contribution in [3.63, 3.8) is 0 Å². The number of carbonyl (C=O) groups is 1. The van der Waals surface area contributed by atoms with Crippen molar-refractivity contribution in [1.82, 2.24) is 0 Å². The summed E-state index contributed by atoms with van der Waals surface area (Å²) >= 11 is 0. The first kappa shape index (κ1) is 11.3. The third-order valence-corrected chi connectivity index (χ3v) is 1.04. The van der Waals surface area contributed by atoms with E-state index < -0.39 is 6.09 Å². The topological polar surface area (TPSA) is 61.6 Å². The van der Waals surface area contributed by atoms with Gasteiger partial charge in [-0.25, -0.2) is 4.79 Å². The third-order valence-electron chi connectivity index (χ3n) is 1.04. The van der Waals surface area contributed by atoms with Gasteiger partial charge in [0.1, 0.15) is 5.76 Å². The van der Waals surface area contributed by atoms with Crippen LogP contribution in [-0.4, -0.2) is 13.2 Å². The molecule has 0 spiro atoms. The van der Waals surface area contributed by atoms with Crippen molar-refractivity contribution in [2.75, 3.05) is 7.11 Å². The van der Waals surface area contributed by atoms with Gasteiger partial charge in [-0.15, -0.1) is 0 Å². The molecule has 2 N–H and O–H groups in total.